The maximum atomic E-state index is 13.1. The van der Waals surface area contributed by atoms with Crippen molar-refractivity contribution in [2.24, 2.45) is 0 Å². The summed E-state index contributed by atoms with van der Waals surface area (Å²) in [5.74, 6) is -0.659. The van der Waals surface area contributed by atoms with E-state index in [9.17, 15) is 9.18 Å². The number of nitrogens with one attached hydrogen (secondary N) is 1. The van der Waals surface area contributed by atoms with Gasteiger partial charge in [0.05, 0.1) is 11.4 Å². The van der Waals surface area contributed by atoms with E-state index >= 15 is 0 Å². The summed E-state index contributed by atoms with van der Waals surface area (Å²) in [5, 5.41) is 7.36. The fraction of sp³-hybridized carbons (Fsp3) is 0.200. The van der Waals surface area contributed by atoms with Crippen LogP contribution < -0.4 is 5.32 Å². The molecule has 0 aliphatic heterocycles. The zero-order valence-corrected chi connectivity index (χ0v) is 14.1. The van der Waals surface area contributed by atoms with Gasteiger partial charge in [-0.3, -0.25) is 4.79 Å². The Balaban J connectivity index is 1.53. The second-order valence-corrected chi connectivity index (χ2v) is 5.89. The summed E-state index contributed by atoms with van der Waals surface area (Å²) in [6.45, 7) is 2.52. The summed E-state index contributed by atoms with van der Waals surface area (Å²) >= 11 is 0. The zero-order valence-electron chi connectivity index (χ0n) is 14.1. The van der Waals surface area contributed by atoms with Gasteiger partial charge in [-0.05, 0) is 55.7 Å². The van der Waals surface area contributed by atoms with Crippen LogP contribution in [0.4, 0.5) is 4.39 Å². The van der Waals surface area contributed by atoms with E-state index in [1.165, 1.54) is 18.2 Å². The van der Waals surface area contributed by atoms with Crippen molar-refractivity contribution in [1.29, 1.82) is 0 Å². The Morgan fingerprint density at radius 2 is 1.96 bits per heavy atom. The topological polar surface area (TPSA) is 46.9 Å². The van der Waals surface area contributed by atoms with E-state index in [4.69, 9.17) is 0 Å². The van der Waals surface area contributed by atoms with E-state index in [1.807, 2.05) is 48.1 Å². The van der Waals surface area contributed by atoms with Gasteiger partial charge in [-0.1, -0.05) is 24.3 Å². The van der Waals surface area contributed by atoms with Gasteiger partial charge in [0.15, 0.2) is 0 Å². The molecule has 0 unspecified atom stereocenters. The third-order valence-electron chi connectivity index (χ3n) is 4.02. The molecule has 0 aliphatic carbocycles. The molecule has 0 spiro atoms. The van der Waals surface area contributed by atoms with Gasteiger partial charge in [0, 0.05) is 18.3 Å². The standard InChI is InChI=1S/C20H20FN3O/c1-15-17(14-24(23-15)19-10-3-2-4-11-19)8-6-12-22-20(25)16-7-5-9-18(21)13-16/h2-5,7,9-11,13-14H,6,8,12H2,1H3,(H,22,25). The van der Waals surface area contributed by atoms with Crippen molar-refractivity contribution in [2.75, 3.05) is 6.54 Å². The van der Waals surface area contributed by atoms with Crippen LogP contribution in [-0.4, -0.2) is 22.2 Å². The third kappa shape index (κ3) is 4.32. The summed E-state index contributed by atoms with van der Waals surface area (Å²) in [7, 11) is 0. The molecule has 4 nitrogen and oxygen atoms in total. The summed E-state index contributed by atoms with van der Waals surface area (Å²) < 4.78 is 15.0. The highest BCUT2D eigenvalue weighted by Crippen LogP contribution is 2.13. The number of carbonyl (C=O) groups is 1. The van der Waals surface area contributed by atoms with E-state index in [0.29, 0.717) is 12.1 Å². The van der Waals surface area contributed by atoms with Crippen LogP contribution in [0.3, 0.4) is 0 Å². The van der Waals surface area contributed by atoms with E-state index < -0.39 is 5.82 Å². The van der Waals surface area contributed by atoms with Gasteiger partial charge in [-0.2, -0.15) is 5.10 Å². The quantitative estimate of drug-likeness (QED) is 0.698. The fourth-order valence-electron chi connectivity index (χ4n) is 2.67. The minimum Gasteiger partial charge on any atom is -0.352 e. The summed E-state index contributed by atoms with van der Waals surface area (Å²) in [6, 6.07) is 15.7. The first kappa shape index (κ1) is 16.9. The van der Waals surface area contributed by atoms with Crippen LogP contribution >= 0.6 is 0 Å². The van der Waals surface area contributed by atoms with Crippen molar-refractivity contribution >= 4 is 5.91 Å². The second-order valence-electron chi connectivity index (χ2n) is 5.89. The Bertz CT molecular complexity index is 858. The SMILES string of the molecule is Cc1nn(-c2ccccc2)cc1CCCNC(=O)c1cccc(F)c1. The monoisotopic (exact) mass is 337 g/mol. The molecule has 0 saturated heterocycles. The average molecular weight is 337 g/mol. The largest absolute Gasteiger partial charge is 0.352 e. The number of hydrogen-bond acceptors (Lipinski definition) is 2. The summed E-state index contributed by atoms with van der Waals surface area (Å²) in [6.07, 6.45) is 3.64. The van der Waals surface area contributed by atoms with Gasteiger partial charge >= 0.3 is 0 Å². The predicted octanol–water partition coefficient (Wildman–Crippen LogP) is 3.68. The van der Waals surface area contributed by atoms with Crippen LogP contribution in [0.1, 0.15) is 28.0 Å². The van der Waals surface area contributed by atoms with Gasteiger partial charge in [-0.15, -0.1) is 0 Å². The Morgan fingerprint density at radius 1 is 1.16 bits per heavy atom. The summed E-state index contributed by atoms with van der Waals surface area (Å²) in [4.78, 5) is 12.0. The zero-order chi connectivity index (χ0) is 17.6. The summed E-state index contributed by atoms with van der Waals surface area (Å²) in [5.41, 5.74) is 3.51. The molecule has 0 fully saturated rings. The average Bonchev–Trinajstić information content (AvgIpc) is 3.00. The van der Waals surface area contributed by atoms with Crippen LogP contribution in [0.15, 0.2) is 60.8 Å². The number of aromatic nitrogens is 2. The normalized spacial score (nSPS) is 10.6. The van der Waals surface area contributed by atoms with Crippen LogP contribution in [0.25, 0.3) is 5.69 Å². The van der Waals surface area contributed by atoms with Crippen molar-refractivity contribution in [1.82, 2.24) is 15.1 Å². The minimum absolute atomic E-state index is 0.254. The lowest BCUT2D eigenvalue weighted by molar-refractivity contribution is 0.0953. The number of carbonyl (C=O) groups excluding carboxylic acids is 1. The number of benzene rings is 2. The van der Waals surface area contributed by atoms with E-state index in [2.05, 4.69) is 10.4 Å². The third-order valence-corrected chi connectivity index (χ3v) is 4.02. The molecule has 0 aliphatic rings. The smallest absolute Gasteiger partial charge is 0.251 e. The van der Waals surface area contributed by atoms with Crippen molar-refractivity contribution in [3.8, 4) is 5.69 Å². The van der Waals surface area contributed by atoms with E-state index in [1.54, 1.807) is 6.07 Å². The lowest BCUT2D eigenvalue weighted by Gasteiger charge is -2.05. The molecule has 1 heterocycles. The highest BCUT2D eigenvalue weighted by molar-refractivity contribution is 5.94. The molecule has 1 aromatic heterocycles. The molecule has 128 valence electrons. The molecule has 0 atom stereocenters. The molecule has 2 aromatic carbocycles. The number of hydrogen-bond donors (Lipinski definition) is 1. The first-order valence-electron chi connectivity index (χ1n) is 8.28. The molecule has 5 heteroatoms. The van der Waals surface area contributed by atoms with Crippen molar-refractivity contribution < 1.29 is 9.18 Å². The van der Waals surface area contributed by atoms with Gasteiger partial charge in [0.1, 0.15) is 5.82 Å². The van der Waals surface area contributed by atoms with Gasteiger partial charge in [0.2, 0.25) is 0 Å². The molecule has 25 heavy (non-hydrogen) atoms. The van der Waals surface area contributed by atoms with Crippen molar-refractivity contribution in [3.05, 3.63) is 83.4 Å². The number of nitrogens with zero attached hydrogens (tertiary/aromatic N) is 2. The Morgan fingerprint density at radius 3 is 2.72 bits per heavy atom. The van der Waals surface area contributed by atoms with Gasteiger partial charge in [-0.25, -0.2) is 9.07 Å². The number of para-hydroxylation sites is 1. The van der Waals surface area contributed by atoms with Crippen molar-refractivity contribution in [2.45, 2.75) is 19.8 Å². The van der Waals surface area contributed by atoms with Gasteiger partial charge in [0.25, 0.3) is 5.91 Å². The number of amides is 1. The molecular formula is C20H20FN3O. The minimum atomic E-state index is -0.406. The molecule has 0 radical (unpaired) electrons. The Labute approximate surface area is 146 Å². The molecule has 3 aromatic rings. The second kappa shape index (κ2) is 7.75. The highest BCUT2D eigenvalue weighted by Gasteiger charge is 2.08. The maximum absolute atomic E-state index is 13.1. The van der Waals surface area contributed by atoms with Crippen LogP contribution in [0.5, 0.6) is 0 Å². The number of halogens is 1. The van der Waals surface area contributed by atoms with E-state index in [-0.39, 0.29) is 5.91 Å². The fourth-order valence-corrected chi connectivity index (χ4v) is 2.67. The van der Waals surface area contributed by atoms with Crippen molar-refractivity contribution in [3.63, 3.8) is 0 Å². The Hall–Kier alpha value is -2.95. The number of rotatable bonds is 6. The first-order valence-corrected chi connectivity index (χ1v) is 8.28. The first-order chi connectivity index (χ1) is 12.1. The predicted molar refractivity (Wildman–Crippen MR) is 95.4 cm³/mol. The lowest BCUT2D eigenvalue weighted by atomic mass is 10.1. The van der Waals surface area contributed by atoms with Gasteiger partial charge < -0.3 is 5.32 Å². The highest BCUT2D eigenvalue weighted by atomic mass is 19.1. The molecule has 1 amide bonds. The lowest BCUT2D eigenvalue weighted by Crippen LogP contribution is -2.24. The van der Waals surface area contributed by atoms with E-state index in [0.717, 1.165) is 29.8 Å². The maximum Gasteiger partial charge on any atom is 0.251 e. The molecule has 0 saturated carbocycles. The molecule has 3 rings (SSSR count). The van der Waals surface area contributed by atoms with Crippen LogP contribution in [0.2, 0.25) is 0 Å². The molecular weight excluding hydrogens is 317 g/mol. The van der Waals surface area contributed by atoms with Crippen LogP contribution in [-0.2, 0) is 6.42 Å². The van der Waals surface area contributed by atoms with Crippen LogP contribution in [0, 0.1) is 12.7 Å². The molecule has 0 bridgehead atoms. The molecule has 1 N–H and O–H groups in total. The Kier molecular flexibility index (Phi) is 5.23. The number of aryl methyl sites for hydroxylation is 2.